The summed E-state index contributed by atoms with van der Waals surface area (Å²) in [5.74, 6) is 1.25. The number of ether oxygens (including phenoxy) is 1. The number of Topliss-reactive ketones (excluding diaryl/α,β-unsaturated/α-hetero) is 1. The van der Waals surface area contributed by atoms with Crippen LogP contribution in [0.1, 0.15) is 18.7 Å². The molecule has 0 spiro atoms. The SMILES string of the molecule is O=C(Cc1ncc2ccc(-c3cnco3)cc2n1)[C@H]1CCCO1. The summed E-state index contributed by atoms with van der Waals surface area (Å²) < 4.78 is 10.7. The lowest BCUT2D eigenvalue weighted by Gasteiger charge is -2.08. The van der Waals surface area contributed by atoms with Crippen LogP contribution >= 0.6 is 0 Å². The number of carbonyl (C=O) groups excluding carboxylic acids is 1. The van der Waals surface area contributed by atoms with Crippen molar-refractivity contribution < 1.29 is 13.9 Å². The number of rotatable bonds is 4. The van der Waals surface area contributed by atoms with E-state index < -0.39 is 0 Å². The molecule has 0 radical (unpaired) electrons. The Morgan fingerprint density at radius 1 is 1.30 bits per heavy atom. The van der Waals surface area contributed by atoms with E-state index in [-0.39, 0.29) is 18.3 Å². The fraction of sp³-hybridized carbons (Fsp3) is 0.294. The van der Waals surface area contributed by atoms with Gasteiger partial charge in [-0.05, 0) is 18.9 Å². The number of hydrogen-bond acceptors (Lipinski definition) is 6. The second kappa shape index (κ2) is 5.89. The Hall–Kier alpha value is -2.60. The maximum Gasteiger partial charge on any atom is 0.181 e. The molecule has 1 aliphatic rings. The molecular weight excluding hydrogens is 294 g/mol. The highest BCUT2D eigenvalue weighted by Gasteiger charge is 2.24. The zero-order chi connectivity index (χ0) is 15.6. The monoisotopic (exact) mass is 309 g/mol. The number of aromatic nitrogens is 3. The van der Waals surface area contributed by atoms with Crippen LogP contribution in [0.25, 0.3) is 22.2 Å². The number of carbonyl (C=O) groups is 1. The van der Waals surface area contributed by atoms with Crippen molar-refractivity contribution in [2.24, 2.45) is 0 Å². The van der Waals surface area contributed by atoms with Crippen LogP contribution in [0.15, 0.2) is 41.4 Å². The molecule has 3 heterocycles. The van der Waals surface area contributed by atoms with Crippen LogP contribution in [0.4, 0.5) is 0 Å². The number of ketones is 1. The molecule has 0 amide bonds. The van der Waals surface area contributed by atoms with Crippen LogP contribution in [0.5, 0.6) is 0 Å². The van der Waals surface area contributed by atoms with E-state index in [2.05, 4.69) is 15.0 Å². The minimum absolute atomic E-state index is 0.0493. The van der Waals surface area contributed by atoms with Crippen LogP contribution in [0.3, 0.4) is 0 Å². The second-order valence-corrected chi connectivity index (χ2v) is 5.57. The van der Waals surface area contributed by atoms with Crippen LogP contribution in [-0.4, -0.2) is 33.4 Å². The van der Waals surface area contributed by atoms with Crippen LogP contribution in [0, 0.1) is 0 Å². The van der Waals surface area contributed by atoms with Crippen LogP contribution < -0.4 is 0 Å². The number of nitrogens with zero attached hydrogens (tertiary/aromatic N) is 3. The van der Waals surface area contributed by atoms with Gasteiger partial charge >= 0.3 is 0 Å². The number of hydrogen-bond donors (Lipinski definition) is 0. The van der Waals surface area contributed by atoms with Crippen molar-refractivity contribution in [2.45, 2.75) is 25.4 Å². The Balaban J connectivity index is 1.62. The zero-order valence-corrected chi connectivity index (χ0v) is 12.4. The predicted molar refractivity (Wildman–Crippen MR) is 82.7 cm³/mol. The Labute approximate surface area is 132 Å². The molecule has 6 heteroatoms. The van der Waals surface area contributed by atoms with E-state index in [9.17, 15) is 4.79 Å². The van der Waals surface area contributed by atoms with E-state index >= 15 is 0 Å². The van der Waals surface area contributed by atoms with Crippen molar-refractivity contribution in [3.63, 3.8) is 0 Å². The molecule has 2 aromatic heterocycles. The van der Waals surface area contributed by atoms with Crippen molar-refractivity contribution in [1.29, 1.82) is 0 Å². The first kappa shape index (κ1) is 14.0. The molecule has 0 bridgehead atoms. The number of oxazole rings is 1. The summed E-state index contributed by atoms with van der Waals surface area (Å²) in [5.41, 5.74) is 1.68. The number of benzene rings is 1. The Morgan fingerprint density at radius 2 is 2.26 bits per heavy atom. The third-order valence-electron chi connectivity index (χ3n) is 3.97. The summed E-state index contributed by atoms with van der Waals surface area (Å²) in [4.78, 5) is 24.9. The molecule has 1 fully saturated rings. The lowest BCUT2D eigenvalue weighted by atomic mass is 10.1. The summed E-state index contributed by atoms with van der Waals surface area (Å²) in [6, 6.07) is 5.78. The maximum atomic E-state index is 12.2. The topological polar surface area (TPSA) is 78.1 Å². The standard InChI is InChI=1S/C17H15N3O3/c21-14(15-2-1-5-22-15)7-17-19-8-12-4-3-11(6-13(12)20-17)16-9-18-10-23-16/h3-4,6,8-10,15H,1-2,5,7H2/t15-/m1/s1. The third kappa shape index (κ3) is 2.85. The van der Waals surface area contributed by atoms with Crippen molar-refractivity contribution in [3.8, 4) is 11.3 Å². The van der Waals surface area contributed by atoms with Crippen molar-refractivity contribution in [2.75, 3.05) is 6.61 Å². The smallest absolute Gasteiger partial charge is 0.181 e. The van der Waals surface area contributed by atoms with Gasteiger partial charge in [-0.1, -0.05) is 12.1 Å². The first-order chi connectivity index (χ1) is 11.3. The Kier molecular flexibility index (Phi) is 3.59. The van der Waals surface area contributed by atoms with Gasteiger partial charge in [-0.2, -0.15) is 0 Å². The molecule has 3 aromatic rings. The van der Waals surface area contributed by atoms with Crippen LogP contribution in [0.2, 0.25) is 0 Å². The summed E-state index contributed by atoms with van der Waals surface area (Å²) >= 11 is 0. The average Bonchev–Trinajstić information content (AvgIpc) is 3.27. The molecule has 1 aromatic carbocycles. The van der Waals surface area contributed by atoms with E-state index in [1.807, 2.05) is 18.2 Å². The normalized spacial score (nSPS) is 17.7. The first-order valence-corrected chi connectivity index (χ1v) is 7.58. The average molecular weight is 309 g/mol. The van der Waals surface area contributed by atoms with Gasteiger partial charge in [0.05, 0.1) is 18.1 Å². The molecule has 0 aliphatic carbocycles. The molecule has 116 valence electrons. The van der Waals surface area contributed by atoms with Gasteiger partial charge in [0.25, 0.3) is 0 Å². The molecular formula is C17H15N3O3. The molecule has 4 rings (SSSR count). The minimum atomic E-state index is -0.296. The first-order valence-electron chi connectivity index (χ1n) is 7.58. The molecule has 0 unspecified atom stereocenters. The van der Waals surface area contributed by atoms with Gasteiger partial charge in [0, 0.05) is 23.8 Å². The highest BCUT2D eigenvalue weighted by Crippen LogP contribution is 2.23. The highest BCUT2D eigenvalue weighted by molar-refractivity contribution is 5.86. The summed E-state index contributed by atoms with van der Waals surface area (Å²) in [7, 11) is 0. The van der Waals surface area contributed by atoms with Gasteiger partial charge in [-0.3, -0.25) is 4.79 Å². The summed E-state index contributed by atoms with van der Waals surface area (Å²) in [6.07, 6.45) is 6.43. The molecule has 23 heavy (non-hydrogen) atoms. The molecule has 1 atom stereocenters. The fourth-order valence-corrected chi connectivity index (χ4v) is 2.76. The molecule has 1 aliphatic heterocycles. The minimum Gasteiger partial charge on any atom is -0.444 e. The molecule has 0 saturated carbocycles. The quantitative estimate of drug-likeness (QED) is 0.737. The van der Waals surface area contributed by atoms with Gasteiger partial charge in [-0.15, -0.1) is 0 Å². The van der Waals surface area contributed by atoms with Crippen molar-refractivity contribution in [3.05, 3.63) is 42.8 Å². The highest BCUT2D eigenvalue weighted by atomic mass is 16.5. The summed E-state index contributed by atoms with van der Waals surface area (Å²) in [6.45, 7) is 0.662. The fourth-order valence-electron chi connectivity index (χ4n) is 2.76. The Morgan fingerprint density at radius 3 is 3.04 bits per heavy atom. The van der Waals surface area contributed by atoms with Gasteiger partial charge in [-0.25, -0.2) is 15.0 Å². The van der Waals surface area contributed by atoms with E-state index in [4.69, 9.17) is 9.15 Å². The largest absolute Gasteiger partial charge is 0.444 e. The predicted octanol–water partition coefficient (Wildman–Crippen LogP) is 2.58. The van der Waals surface area contributed by atoms with Gasteiger partial charge in [0.15, 0.2) is 17.9 Å². The van der Waals surface area contributed by atoms with Crippen molar-refractivity contribution >= 4 is 16.7 Å². The zero-order valence-electron chi connectivity index (χ0n) is 12.4. The van der Waals surface area contributed by atoms with E-state index in [1.54, 1.807) is 12.4 Å². The maximum absolute atomic E-state index is 12.2. The Bertz CT molecular complexity index is 839. The third-order valence-corrected chi connectivity index (χ3v) is 3.97. The molecule has 0 N–H and O–H groups in total. The number of fused-ring (bicyclic) bond motifs is 1. The van der Waals surface area contributed by atoms with Crippen LogP contribution in [-0.2, 0) is 16.0 Å². The lowest BCUT2D eigenvalue weighted by Crippen LogP contribution is -2.22. The van der Waals surface area contributed by atoms with E-state index in [0.717, 1.165) is 29.3 Å². The van der Waals surface area contributed by atoms with Crippen molar-refractivity contribution in [1.82, 2.24) is 15.0 Å². The lowest BCUT2D eigenvalue weighted by molar-refractivity contribution is -0.127. The molecule has 1 saturated heterocycles. The summed E-state index contributed by atoms with van der Waals surface area (Å²) in [5, 5.41) is 0.918. The second-order valence-electron chi connectivity index (χ2n) is 5.57. The molecule has 6 nitrogen and oxygen atoms in total. The van der Waals surface area contributed by atoms with Gasteiger partial charge < -0.3 is 9.15 Å². The van der Waals surface area contributed by atoms with E-state index in [0.29, 0.717) is 18.2 Å². The van der Waals surface area contributed by atoms with E-state index in [1.165, 1.54) is 6.39 Å². The van der Waals surface area contributed by atoms with Gasteiger partial charge in [0.1, 0.15) is 11.9 Å². The van der Waals surface area contributed by atoms with Gasteiger partial charge in [0.2, 0.25) is 0 Å².